The van der Waals surface area contributed by atoms with E-state index in [2.05, 4.69) is 5.32 Å². The fourth-order valence-corrected chi connectivity index (χ4v) is 3.51. The number of nitrogens with one attached hydrogen (secondary N) is 1. The van der Waals surface area contributed by atoms with Crippen molar-refractivity contribution in [2.75, 3.05) is 5.32 Å². The maximum atomic E-state index is 12.6. The average molecular weight is 379 g/mol. The third-order valence-corrected chi connectivity index (χ3v) is 4.87. The molecular formula is C21H15ClN2O3. The van der Waals surface area contributed by atoms with Crippen molar-refractivity contribution >= 4 is 40.8 Å². The number of carboxylic acids is 1. The van der Waals surface area contributed by atoms with Crippen molar-refractivity contribution in [1.29, 1.82) is 0 Å². The quantitative estimate of drug-likeness (QED) is 0.657. The van der Waals surface area contributed by atoms with Crippen molar-refractivity contribution in [2.45, 2.75) is 0 Å². The highest BCUT2D eigenvalue weighted by molar-refractivity contribution is 6.36. The summed E-state index contributed by atoms with van der Waals surface area (Å²) >= 11 is 6.14. The number of anilines is 1. The van der Waals surface area contributed by atoms with Gasteiger partial charge < -0.3 is 15.0 Å². The minimum atomic E-state index is -1.02. The fraction of sp³-hybridized carbons (Fsp3) is 0.0476. The topological polar surface area (TPSA) is 71.3 Å². The lowest BCUT2D eigenvalue weighted by atomic mass is 9.94. The Hall–Kier alpha value is -3.31. The van der Waals surface area contributed by atoms with Gasteiger partial charge in [-0.25, -0.2) is 4.79 Å². The van der Waals surface area contributed by atoms with Crippen molar-refractivity contribution in [3.05, 3.63) is 76.6 Å². The summed E-state index contributed by atoms with van der Waals surface area (Å²) < 4.78 is 1.54. The lowest BCUT2D eigenvalue weighted by molar-refractivity contribution is -0.110. The molecule has 0 radical (unpaired) electrons. The summed E-state index contributed by atoms with van der Waals surface area (Å²) in [5.74, 6) is -1.24. The van der Waals surface area contributed by atoms with Gasteiger partial charge in [0.05, 0.1) is 5.57 Å². The molecular weight excluding hydrogens is 364 g/mol. The largest absolute Gasteiger partial charge is 0.477 e. The molecule has 3 aromatic rings. The first-order chi connectivity index (χ1) is 13.0. The molecule has 2 aromatic carbocycles. The Morgan fingerprint density at radius 2 is 1.93 bits per heavy atom. The molecule has 4 rings (SSSR count). The van der Waals surface area contributed by atoms with Crippen LogP contribution in [0.25, 0.3) is 22.8 Å². The number of aromatic carboxylic acids is 1. The monoisotopic (exact) mass is 378 g/mol. The van der Waals surface area contributed by atoms with E-state index in [-0.39, 0.29) is 11.6 Å². The van der Waals surface area contributed by atoms with Gasteiger partial charge in [0, 0.05) is 29.0 Å². The van der Waals surface area contributed by atoms with Crippen LogP contribution in [-0.2, 0) is 11.8 Å². The van der Waals surface area contributed by atoms with Gasteiger partial charge in [-0.05, 0) is 47.5 Å². The highest BCUT2D eigenvalue weighted by Gasteiger charge is 2.27. The highest BCUT2D eigenvalue weighted by atomic mass is 35.5. The van der Waals surface area contributed by atoms with Crippen LogP contribution >= 0.6 is 11.6 Å². The van der Waals surface area contributed by atoms with Crippen molar-refractivity contribution in [3.63, 3.8) is 0 Å². The van der Waals surface area contributed by atoms with E-state index in [1.807, 2.05) is 36.4 Å². The predicted octanol–water partition coefficient (Wildman–Crippen LogP) is 4.54. The minimum Gasteiger partial charge on any atom is -0.477 e. The molecule has 0 bridgehead atoms. The second-order valence-corrected chi connectivity index (χ2v) is 6.69. The van der Waals surface area contributed by atoms with E-state index in [0.29, 0.717) is 16.3 Å². The van der Waals surface area contributed by atoms with Gasteiger partial charge in [0.25, 0.3) is 5.91 Å². The van der Waals surface area contributed by atoms with Crippen LogP contribution in [0.1, 0.15) is 21.7 Å². The third-order valence-electron chi connectivity index (χ3n) is 4.63. The molecule has 1 aliphatic heterocycles. The lowest BCUT2D eigenvalue weighted by Gasteiger charge is -2.09. The molecule has 0 unspecified atom stereocenters. The molecule has 2 N–H and O–H groups in total. The van der Waals surface area contributed by atoms with E-state index in [0.717, 1.165) is 22.4 Å². The van der Waals surface area contributed by atoms with Crippen molar-refractivity contribution in [2.24, 2.45) is 7.05 Å². The maximum absolute atomic E-state index is 12.6. The molecule has 27 heavy (non-hydrogen) atoms. The van der Waals surface area contributed by atoms with Gasteiger partial charge in [-0.15, -0.1) is 0 Å². The second-order valence-electron chi connectivity index (χ2n) is 6.26. The Bertz CT molecular complexity index is 1130. The molecule has 0 aliphatic carbocycles. The van der Waals surface area contributed by atoms with Crippen LogP contribution in [0, 0.1) is 0 Å². The summed E-state index contributed by atoms with van der Waals surface area (Å²) in [7, 11) is 1.66. The van der Waals surface area contributed by atoms with Crippen molar-refractivity contribution in [1.82, 2.24) is 4.57 Å². The van der Waals surface area contributed by atoms with E-state index in [1.54, 1.807) is 29.8 Å². The minimum absolute atomic E-state index is 0.156. The van der Waals surface area contributed by atoms with Gasteiger partial charge >= 0.3 is 5.97 Å². The van der Waals surface area contributed by atoms with E-state index in [4.69, 9.17) is 11.6 Å². The standard InChI is InChI=1S/C21H15ClN2O3/c1-24-14(8-9-18(24)21(26)27)11-16-19-15(12-4-2-5-13(22)10-12)6-3-7-17(19)23-20(16)25/h2-11H,1H3,(H,23,25)(H,26,27). The number of carbonyl (C=O) groups excluding carboxylic acids is 1. The number of amides is 1. The average Bonchev–Trinajstić information content (AvgIpc) is 3.15. The van der Waals surface area contributed by atoms with Crippen LogP contribution < -0.4 is 5.32 Å². The van der Waals surface area contributed by atoms with Gasteiger partial charge in [-0.3, -0.25) is 4.79 Å². The van der Waals surface area contributed by atoms with Crippen LogP contribution in [0.4, 0.5) is 5.69 Å². The number of nitrogens with zero attached hydrogens (tertiary/aromatic N) is 1. The number of fused-ring (bicyclic) bond motifs is 1. The zero-order valence-electron chi connectivity index (χ0n) is 14.4. The second kappa shape index (κ2) is 6.45. The van der Waals surface area contributed by atoms with E-state index >= 15 is 0 Å². The van der Waals surface area contributed by atoms with Crippen LogP contribution in [0.2, 0.25) is 5.02 Å². The van der Waals surface area contributed by atoms with Crippen molar-refractivity contribution in [3.8, 4) is 11.1 Å². The summed E-state index contributed by atoms with van der Waals surface area (Å²) in [4.78, 5) is 23.9. The Kier molecular flexibility index (Phi) is 4.09. The molecule has 6 heteroatoms. The summed E-state index contributed by atoms with van der Waals surface area (Å²) in [6.07, 6.45) is 1.71. The molecule has 0 saturated heterocycles. The van der Waals surface area contributed by atoms with Gasteiger partial charge in [0.15, 0.2) is 0 Å². The van der Waals surface area contributed by atoms with Gasteiger partial charge in [0.1, 0.15) is 5.69 Å². The van der Waals surface area contributed by atoms with Gasteiger partial charge in [-0.2, -0.15) is 0 Å². The molecule has 2 heterocycles. The summed E-state index contributed by atoms with van der Waals surface area (Å²) in [6, 6.07) is 16.3. The molecule has 134 valence electrons. The first kappa shape index (κ1) is 17.1. The van der Waals surface area contributed by atoms with Gasteiger partial charge in [-0.1, -0.05) is 35.9 Å². The normalized spacial score (nSPS) is 14.3. The number of carbonyl (C=O) groups is 2. The van der Waals surface area contributed by atoms with Crippen LogP contribution in [0.15, 0.2) is 54.6 Å². The number of hydrogen-bond donors (Lipinski definition) is 2. The SMILES string of the molecule is Cn1c(C=C2C(=O)Nc3cccc(-c4cccc(Cl)c4)c32)ccc1C(=O)O. The molecule has 0 spiro atoms. The van der Waals surface area contributed by atoms with E-state index < -0.39 is 5.97 Å². The van der Waals surface area contributed by atoms with Crippen LogP contribution in [0.5, 0.6) is 0 Å². The van der Waals surface area contributed by atoms with Crippen LogP contribution in [-0.4, -0.2) is 21.6 Å². The lowest BCUT2D eigenvalue weighted by Crippen LogP contribution is -2.06. The number of aromatic nitrogens is 1. The molecule has 0 fully saturated rings. The molecule has 0 atom stereocenters. The number of benzene rings is 2. The maximum Gasteiger partial charge on any atom is 0.352 e. The smallest absolute Gasteiger partial charge is 0.352 e. The number of rotatable bonds is 3. The number of halogens is 1. The van der Waals surface area contributed by atoms with Crippen LogP contribution in [0.3, 0.4) is 0 Å². The first-order valence-electron chi connectivity index (χ1n) is 8.27. The molecule has 1 aliphatic rings. The Morgan fingerprint density at radius 1 is 1.15 bits per heavy atom. The zero-order chi connectivity index (χ0) is 19.1. The molecule has 0 saturated carbocycles. The highest BCUT2D eigenvalue weighted by Crippen LogP contribution is 2.40. The third kappa shape index (κ3) is 2.92. The Balaban J connectivity index is 1.90. The Morgan fingerprint density at radius 3 is 2.63 bits per heavy atom. The predicted molar refractivity (Wildman–Crippen MR) is 106 cm³/mol. The van der Waals surface area contributed by atoms with Gasteiger partial charge in [0.2, 0.25) is 0 Å². The summed E-state index contributed by atoms with van der Waals surface area (Å²) in [6.45, 7) is 0. The summed E-state index contributed by atoms with van der Waals surface area (Å²) in [5.41, 5.74) is 4.56. The van der Waals surface area contributed by atoms with E-state index in [1.165, 1.54) is 6.07 Å². The molecule has 1 aromatic heterocycles. The molecule has 5 nitrogen and oxygen atoms in total. The summed E-state index contributed by atoms with van der Waals surface area (Å²) in [5, 5.41) is 12.7. The van der Waals surface area contributed by atoms with E-state index in [9.17, 15) is 14.7 Å². The Labute approximate surface area is 160 Å². The first-order valence-corrected chi connectivity index (χ1v) is 8.65. The number of carboxylic acid groups (broad SMARTS) is 1. The number of hydrogen-bond acceptors (Lipinski definition) is 2. The fourth-order valence-electron chi connectivity index (χ4n) is 3.32. The van der Waals surface area contributed by atoms with Crippen molar-refractivity contribution < 1.29 is 14.7 Å². The zero-order valence-corrected chi connectivity index (χ0v) is 15.1. The molecule has 1 amide bonds.